The fourth-order valence-corrected chi connectivity index (χ4v) is 3.77. The lowest BCUT2D eigenvalue weighted by molar-refractivity contribution is 0.0679. The molecule has 4 N–H and O–H groups in total. The molecule has 0 bridgehead atoms. The molecule has 0 saturated heterocycles. The van der Waals surface area contributed by atoms with Crippen molar-refractivity contribution >= 4 is 33.5 Å². The second-order valence-corrected chi connectivity index (χ2v) is 6.02. The second-order valence-electron chi connectivity index (χ2n) is 3.87. The fourth-order valence-electron chi connectivity index (χ4n) is 1.54. The number of carboxylic acids is 2. The maximum atomic E-state index is 11.5. The average molecular weight is 340 g/mol. The van der Waals surface area contributed by atoms with E-state index in [1.165, 1.54) is 12.4 Å². The zero-order valence-corrected chi connectivity index (χ0v) is 12.3. The molecule has 0 unspecified atom stereocenters. The van der Waals surface area contributed by atoms with Crippen LogP contribution in [0, 0.1) is 0 Å². The number of aromatic nitrogens is 2. The Kier molecular flexibility index (Phi) is 4.73. The van der Waals surface area contributed by atoms with E-state index in [0.717, 1.165) is 33.7 Å². The first-order valence-electron chi connectivity index (χ1n) is 5.66. The molecule has 10 heteroatoms. The van der Waals surface area contributed by atoms with E-state index in [4.69, 9.17) is 10.2 Å². The molecule has 0 saturated carbocycles. The van der Waals surface area contributed by atoms with Crippen molar-refractivity contribution in [1.82, 2.24) is 9.97 Å². The number of hydrogen-bond acceptors (Lipinski definition) is 6. The van der Waals surface area contributed by atoms with Gasteiger partial charge in [-0.05, 0) is 21.6 Å². The number of aromatic carboxylic acids is 2. The predicted molar refractivity (Wildman–Crippen MR) is 79.8 cm³/mol. The van der Waals surface area contributed by atoms with Crippen LogP contribution in [0.25, 0.3) is 0 Å². The third-order valence-electron chi connectivity index (χ3n) is 2.48. The summed E-state index contributed by atoms with van der Waals surface area (Å²) in [7, 11) is 1.66. The highest BCUT2D eigenvalue weighted by Crippen LogP contribution is 2.36. The first-order valence-corrected chi connectivity index (χ1v) is 7.81. The van der Waals surface area contributed by atoms with Crippen molar-refractivity contribution < 1.29 is 19.8 Å². The molecule has 0 aromatic carbocycles. The van der Waals surface area contributed by atoms with E-state index >= 15 is 0 Å². The van der Waals surface area contributed by atoms with Crippen LogP contribution in [0.3, 0.4) is 0 Å². The summed E-state index contributed by atoms with van der Waals surface area (Å²) in [5.41, 5.74) is -2.24. The summed E-state index contributed by atoms with van der Waals surface area (Å²) < 4.78 is 0. The molecular formula is C12H8N2O6S2. The van der Waals surface area contributed by atoms with Gasteiger partial charge in [-0.15, -0.1) is 0 Å². The number of hydrogen-bond donors (Lipinski definition) is 4. The van der Waals surface area contributed by atoms with E-state index in [2.05, 4.69) is 9.97 Å². The number of rotatable bonds is 5. The summed E-state index contributed by atoms with van der Waals surface area (Å²) in [6.07, 6.45) is 2.56. The summed E-state index contributed by atoms with van der Waals surface area (Å²) in [6.45, 7) is 0. The van der Waals surface area contributed by atoms with Crippen LogP contribution in [0.5, 0.6) is 0 Å². The van der Waals surface area contributed by atoms with Gasteiger partial charge in [0.05, 0.1) is 0 Å². The molecule has 22 heavy (non-hydrogen) atoms. The normalized spacial score (nSPS) is 10.4. The van der Waals surface area contributed by atoms with Crippen LogP contribution in [0.2, 0.25) is 0 Å². The zero-order chi connectivity index (χ0) is 16.3. The Morgan fingerprint density at radius 3 is 1.50 bits per heavy atom. The SMILES string of the molecule is O=C(O)c1c(SSc2[nH]ccc(=O)c2C(=O)O)[nH]ccc1=O. The molecule has 2 aromatic rings. The Morgan fingerprint density at radius 1 is 0.818 bits per heavy atom. The summed E-state index contributed by atoms with van der Waals surface area (Å²) in [5.74, 6) is -2.80. The van der Waals surface area contributed by atoms with Gasteiger partial charge in [0.2, 0.25) is 0 Å². The van der Waals surface area contributed by atoms with Crippen molar-refractivity contribution in [2.75, 3.05) is 0 Å². The lowest BCUT2D eigenvalue weighted by atomic mass is 10.3. The van der Waals surface area contributed by atoms with E-state index in [1.54, 1.807) is 0 Å². The average Bonchev–Trinajstić information content (AvgIpc) is 2.44. The number of H-pyrrole nitrogens is 2. The summed E-state index contributed by atoms with van der Waals surface area (Å²) in [5, 5.41) is 18.2. The molecule has 0 aliphatic rings. The van der Waals surface area contributed by atoms with Crippen LogP contribution in [-0.4, -0.2) is 32.1 Å². The monoisotopic (exact) mass is 340 g/mol. The molecule has 0 atom stereocenters. The molecule has 0 aliphatic heterocycles. The Hall–Kier alpha value is -2.46. The number of carboxylic acid groups (broad SMARTS) is 2. The highest BCUT2D eigenvalue weighted by Gasteiger charge is 2.19. The van der Waals surface area contributed by atoms with Gasteiger partial charge in [0.15, 0.2) is 10.9 Å². The zero-order valence-electron chi connectivity index (χ0n) is 10.7. The highest BCUT2D eigenvalue weighted by molar-refractivity contribution is 8.76. The third-order valence-corrected chi connectivity index (χ3v) is 4.79. The maximum absolute atomic E-state index is 11.5. The van der Waals surface area contributed by atoms with Gasteiger partial charge in [0.25, 0.3) is 0 Å². The molecule has 114 valence electrons. The minimum absolute atomic E-state index is 0.0473. The second kappa shape index (κ2) is 6.54. The summed E-state index contributed by atoms with van der Waals surface area (Å²) >= 11 is 0. The van der Waals surface area contributed by atoms with Crippen molar-refractivity contribution in [3.05, 3.63) is 56.1 Å². The van der Waals surface area contributed by atoms with E-state index in [9.17, 15) is 19.2 Å². The van der Waals surface area contributed by atoms with Gasteiger partial charge >= 0.3 is 11.9 Å². The van der Waals surface area contributed by atoms with Crippen LogP contribution >= 0.6 is 21.6 Å². The number of aromatic amines is 2. The quantitative estimate of drug-likeness (QED) is 0.596. The molecule has 8 nitrogen and oxygen atoms in total. The third kappa shape index (κ3) is 3.23. The maximum Gasteiger partial charge on any atom is 0.342 e. The molecule has 0 aliphatic carbocycles. The van der Waals surface area contributed by atoms with Crippen molar-refractivity contribution in [3.8, 4) is 0 Å². The first-order chi connectivity index (χ1) is 10.4. The van der Waals surface area contributed by atoms with Crippen molar-refractivity contribution in [2.45, 2.75) is 10.1 Å². The largest absolute Gasteiger partial charge is 0.477 e. The minimum atomic E-state index is -1.40. The van der Waals surface area contributed by atoms with E-state index < -0.39 is 33.9 Å². The summed E-state index contributed by atoms with van der Waals surface area (Å²) in [4.78, 5) is 50.5. The lowest BCUT2D eigenvalue weighted by Gasteiger charge is -2.06. The number of nitrogens with one attached hydrogen (secondary N) is 2. The van der Waals surface area contributed by atoms with Gasteiger partial charge in [-0.2, -0.15) is 0 Å². The van der Waals surface area contributed by atoms with Crippen LogP contribution in [0.4, 0.5) is 0 Å². The Morgan fingerprint density at radius 2 is 1.18 bits per heavy atom. The van der Waals surface area contributed by atoms with Gasteiger partial charge in [0, 0.05) is 24.5 Å². The number of pyridine rings is 2. The molecule has 0 spiro atoms. The van der Waals surface area contributed by atoms with Crippen LogP contribution in [-0.2, 0) is 0 Å². The van der Waals surface area contributed by atoms with E-state index in [-0.39, 0.29) is 10.1 Å². The van der Waals surface area contributed by atoms with Gasteiger partial charge < -0.3 is 20.2 Å². The lowest BCUT2D eigenvalue weighted by Crippen LogP contribution is -2.16. The predicted octanol–water partition coefficient (Wildman–Crippen LogP) is 1.26. The van der Waals surface area contributed by atoms with Crippen molar-refractivity contribution in [2.24, 2.45) is 0 Å². The standard InChI is InChI=1S/C12H8N2O6S2/c15-5-1-3-13-9(7(5)11(17)18)21-22-10-8(12(19)20)6(16)2-4-14-10/h1-4H,(H,13,15)(H,14,16)(H,17,18)(H,19,20). The summed E-state index contributed by atoms with van der Waals surface area (Å²) in [6, 6.07) is 2.15. The molecule has 2 rings (SSSR count). The molecule has 2 heterocycles. The Bertz CT molecular complexity index is 786. The van der Waals surface area contributed by atoms with Crippen LogP contribution < -0.4 is 10.9 Å². The fraction of sp³-hybridized carbons (Fsp3) is 0. The molecular weight excluding hydrogens is 332 g/mol. The number of carbonyl (C=O) groups is 2. The van der Waals surface area contributed by atoms with Gasteiger partial charge in [0.1, 0.15) is 21.2 Å². The molecule has 2 aromatic heterocycles. The molecule has 0 amide bonds. The van der Waals surface area contributed by atoms with Crippen molar-refractivity contribution in [1.29, 1.82) is 0 Å². The highest BCUT2D eigenvalue weighted by atomic mass is 33.1. The molecule has 0 radical (unpaired) electrons. The Balaban J connectivity index is 2.37. The topological polar surface area (TPSA) is 140 Å². The van der Waals surface area contributed by atoms with Crippen molar-refractivity contribution in [3.63, 3.8) is 0 Å². The van der Waals surface area contributed by atoms with Gasteiger partial charge in [-0.1, -0.05) is 0 Å². The minimum Gasteiger partial charge on any atom is -0.477 e. The first kappa shape index (κ1) is 15.9. The molecule has 0 fully saturated rings. The van der Waals surface area contributed by atoms with E-state index in [0.29, 0.717) is 0 Å². The van der Waals surface area contributed by atoms with Crippen LogP contribution in [0.15, 0.2) is 44.2 Å². The van der Waals surface area contributed by atoms with E-state index in [1.807, 2.05) is 0 Å². The van der Waals surface area contributed by atoms with Crippen LogP contribution in [0.1, 0.15) is 20.7 Å². The van der Waals surface area contributed by atoms with Gasteiger partial charge in [-0.25, -0.2) is 9.59 Å². The van der Waals surface area contributed by atoms with Gasteiger partial charge in [-0.3, -0.25) is 9.59 Å². The Labute approximate surface area is 130 Å². The smallest absolute Gasteiger partial charge is 0.342 e.